The minimum Gasteiger partial charge on any atom is -0.478 e. The molecule has 0 fully saturated rings. The predicted octanol–water partition coefficient (Wildman–Crippen LogP) is 4.28. The van der Waals surface area contributed by atoms with Crippen LogP contribution in [0.2, 0.25) is 5.15 Å². The van der Waals surface area contributed by atoms with Gasteiger partial charge in [-0.2, -0.15) is 0 Å². The van der Waals surface area contributed by atoms with Crippen molar-refractivity contribution < 1.29 is 9.90 Å². The summed E-state index contributed by atoms with van der Waals surface area (Å²) in [5.74, 6) is -0.733. The smallest absolute Gasteiger partial charge is 0.339 e. The van der Waals surface area contributed by atoms with E-state index in [2.05, 4.69) is 23.3 Å². The molecule has 20 heavy (non-hydrogen) atoms. The van der Waals surface area contributed by atoms with Gasteiger partial charge in [0.25, 0.3) is 0 Å². The van der Waals surface area contributed by atoms with Crippen LogP contribution in [-0.4, -0.2) is 16.1 Å². The molecule has 0 spiro atoms. The molecule has 1 unspecified atom stereocenters. The zero-order chi connectivity index (χ0) is 14.9. The average Bonchev–Trinajstić information content (AvgIpc) is 2.68. The summed E-state index contributed by atoms with van der Waals surface area (Å²) in [6.07, 6.45) is 0. The zero-order valence-electron chi connectivity index (χ0n) is 11.4. The standard InChI is InChI=1S/C14H15ClN2O2S/c1-7-6-11(9(3)20-7)8(2)16-13-10(14(18)19)4-5-12(15)17-13/h4-6,8H,1-3H3,(H,16,17)(H,18,19). The number of nitrogens with one attached hydrogen (secondary N) is 1. The number of hydrogen-bond donors (Lipinski definition) is 2. The largest absolute Gasteiger partial charge is 0.478 e. The molecule has 0 bridgehead atoms. The van der Waals surface area contributed by atoms with Gasteiger partial charge in [-0.25, -0.2) is 9.78 Å². The lowest BCUT2D eigenvalue weighted by Crippen LogP contribution is -2.12. The van der Waals surface area contributed by atoms with Gasteiger partial charge in [-0.05, 0) is 44.5 Å². The lowest BCUT2D eigenvalue weighted by atomic mass is 10.1. The molecule has 0 aliphatic heterocycles. The number of thiophene rings is 1. The van der Waals surface area contributed by atoms with E-state index >= 15 is 0 Å². The topological polar surface area (TPSA) is 62.2 Å². The Kier molecular flexibility index (Phi) is 4.30. The quantitative estimate of drug-likeness (QED) is 0.827. The van der Waals surface area contributed by atoms with Crippen molar-refractivity contribution in [1.82, 2.24) is 4.98 Å². The molecule has 0 saturated carbocycles. The summed E-state index contributed by atoms with van der Waals surface area (Å²) in [7, 11) is 0. The maximum absolute atomic E-state index is 11.2. The Morgan fingerprint density at radius 2 is 2.15 bits per heavy atom. The van der Waals surface area contributed by atoms with Gasteiger partial charge in [-0.15, -0.1) is 11.3 Å². The number of anilines is 1. The Morgan fingerprint density at radius 1 is 1.45 bits per heavy atom. The fourth-order valence-electron chi connectivity index (χ4n) is 2.08. The van der Waals surface area contributed by atoms with Gasteiger partial charge in [0.1, 0.15) is 16.5 Å². The lowest BCUT2D eigenvalue weighted by molar-refractivity contribution is 0.0697. The number of pyridine rings is 1. The third-order valence-electron chi connectivity index (χ3n) is 2.99. The number of carboxylic acid groups (broad SMARTS) is 1. The number of carboxylic acids is 1. The number of hydrogen-bond acceptors (Lipinski definition) is 4. The molecular formula is C14H15ClN2O2S. The number of aromatic nitrogens is 1. The maximum Gasteiger partial charge on any atom is 0.339 e. The molecule has 1 atom stereocenters. The first-order chi connectivity index (χ1) is 9.38. The second kappa shape index (κ2) is 5.81. The maximum atomic E-state index is 11.2. The van der Waals surface area contributed by atoms with Gasteiger partial charge in [0, 0.05) is 9.75 Å². The van der Waals surface area contributed by atoms with Crippen molar-refractivity contribution in [3.63, 3.8) is 0 Å². The minimum atomic E-state index is -1.03. The van der Waals surface area contributed by atoms with E-state index in [1.807, 2.05) is 13.8 Å². The van der Waals surface area contributed by atoms with Crippen LogP contribution >= 0.6 is 22.9 Å². The van der Waals surface area contributed by atoms with Crippen molar-refractivity contribution in [3.8, 4) is 0 Å². The molecule has 0 radical (unpaired) electrons. The van der Waals surface area contributed by atoms with Crippen LogP contribution in [0.25, 0.3) is 0 Å². The van der Waals surface area contributed by atoms with Crippen LogP contribution in [-0.2, 0) is 0 Å². The summed E-state index contributed by atoms with van der Waals surface area (Å²) in [6, 6.07) is 4.99. The van der Waals surface area contributed by atoms with Gasteiger partial charge in [0.15, 0.2) is 0 Å². The number of aryl methyl sites for hydroxylation is 2. The third kappa shape index (κ3) is 3.11. The van der Waals surface area contributed by atoms with Crippen LogP contribution in [0.15, 0.2) is 18.2 Å². The van der Waals surface area contributed by atoms with Gasteiger partial charge >= 0.3 is 5.97 Å². The third-order valence-corrected chi connectivity index (χ3v) is 4.18. The molecule has 2 N–H and O–H groups in total. The highest BCUT2D eigenvalue weighted by Gasteiger charge is 2.17. The van der Waals surface area contributed by atoms with Crippen molar-refractivity contribution in [1.29, 1.82) is 0 Å². The molecule has 2 aromatic rings. The van der Waals surface area contributed by atoms with Crippen LogP contribution in [0.3, 0.4) is 0 Å². The number of nitrogens with zero attached hydrogens (tertiary/aromatic N) is 1. The SMILES string of the molecule is Cc1cc(C(C)Nc2nc(Cl)ccc2C(=O)O)c(C)s1. The molecule has 106 valence electrons. The fraction of sp³-hybridized carbons (Fsp3) is 0.286. The molecule has 0 aliphatic carbocycles. The van der Waals surface area contributed by atoms with E-state index in [-0.39, 0.29) is 16.8 Å². The average molecular weight is 311 g/mol. The highest BCUT2D eigenvalue weighted by molar-refractivity contribution is 7.12. The van der Waals surface area contributed by atoms with Gasteiger partial charge in [-0.3, -0.25) is 0 Å². The molecule has 0 aliphatic rings. The molecule has 0 saturated heterocycles. The number of halogens is 1. The van der Waals surface area contributed by atoms with Crippen LogP contribution in [0.4, 0.5) is 5.82 Å². The number of rotatable bonds is 4. The molecular weight excluding hydrogens is 296 g/mol. The van der Waals surface area contributed by atoms with Crippen molar-refractivity contribution in [3.05, 3.63) is 44.2 Å². The predicted molar refractivity (Wildman–Crippen MR) is 82.0 cm³/mol. The van der Waals surface area contributed by atoms with E-state index in [4.69, 9.17) is 11.6 Å². The van der Waals surface area contributed by atoms with Gasteiger partial charge in [0.05, 0.1) is 6.04 Å². The Morgan fingerprint density at radius 3 is 2.70 bits per heavy atom. The fourth-order valence-corrected chi connectivity index (χ4v) is 3.25. The normalized spacial score (nSPS) is 12.2. The first-order valence-electron chi connectivity index (χ1n) is 6.11. The van der Waals surface area contributed by atoms with Gasteiger partial charge in [-0.1, -0.05) is 11.6 Å². The molecule has 2 rings (SSSR count). The summed E-state index contributed by atoms with van der Waals surface area (Å²) in [5, 5.41) is 12.6. The summed E-state index contributed by atoms with van der Waals surface area (Å²) in [4.78, 5) is 17.7. The van der Waals surface area contributed by atoms with E-state index in [9.17, 15) is 9.90 Å². The first-order valence-corrected chi connectivity index (χ1v) is 7.31. The molecule has 0 amide bonds. The Hall–Kier alpha value is -1.59. The van der Waals surface area contributed by atoms with Crippen molar-refractivity contribution in [2.45, 2.75) is 26.8 Å². The second-order valence-corrected chi connectivity index (χ2v) is 6.42. The Balaban J connectivity index is 2.32. The monoisotopic (exact) mass is 310 g/mol. The summed E-state index contributed by atoms with van der Waals surface area (Å²) in [5.41, 5.74) is 1.26. The summed E-state index contributed by atoms with van der Waals surface area (Å²) in [6.45, 7) is 6.07. The van der Waals surface area contributed by atoms with Crippen LogP contribution in [0.5, 0.6) is 0 Å². The lowest BCUT2D eigenvalue weighted by Gasteiger charge is -2.16. The van der Waals surface area contributed by atoms with E-state index < -0.39 is 5.97 Å². The van der Waals surface area contributed by atoms with Crippen molar-refractivity contribution in [2.75, 3.05) is 5.32 Å². The van der Waals surface area contributed by atoms with Crippen LogP contribution < -0.4 is 5.32 Å². The van der Waals surface area contributed by atoms with Gasteiger partial charge in [0.2, 0.25) is 0 Å². The molecule has 6 heteroatoms. The molecule has 2 heterocycles. The van der Waals surface area contributed by atoms with Crippen molar-refractivity contribution >= 4 is 34.7 Å². The second-order valence-electron chi connectivity index (χ2n) is 4.57. The van der Waals surface area contributed by atoms with Gasteiger partial charge < -0.3 is 10.4 Å². The number of aromatic carboxylic acids is 1. The minimum absolute atomic E-state index is 0.0379. The zero-order valence-corrected chi connectivity index (χ0v) is 13.0. The first kappa shape index (κ1) is 14.8. The molecule has 2 aromatic heterocycles. The molecule has 4 nitrogen and oxygen atoms in total. The summed E-state index contributed by atoms with van der Waals surface area (Å²) < 4.78 is 0. The van der Waals surface area contributed by atoms with Crippen LogP contribution in [0, 0.1) is 13.8 Å². The highest BCUT2D eigenvalue weighted by Crippen LogP contribution is 2.29. The van der Waals surface area contributed by atoms with Crippen molar-refractivity contribution in [2.24, 2.45) is 0 Å². The Labute approximate surface area is 126 Å². The van der Waals surface area contributed by atoms with E-state index in [1.54, 1.807) is 11.3 Å². The van der Waals surface area contributed by atoms with Crippen LogP contribution in [0.1, 0.15) is 38.6 Å². The van der Waals surface area contributed by atoms with E-state index in [1.165, 1.54) is 21.9 Å². The molecule has 0 aromatic carbocycles. The Bertz CT molecular complexity index is 655. The van der Waals surface area contributed by atoms with E-state index in [0.717, 1.165) is 5.56 Å². The summed E-state index contributed by atoms with van der Waals surface area (Å²) >= 11 is 7.56. The highest BCUT2D eigenvalue weighted by atomic mass is 35.5. The van der Waals surface area contributed by atoms with E-state index in [0.29, 0.717) is 5.82 Å². The number of carbonyl (C=O) groups is 1.